The molecule has 0 aromatic rings. The van der Waals surface area contributed by atoms with Gasteiger partial charge in [0, 0.05) is 13.1 Å². The molecule has 0 N–H and O–H groups in total. The highest BCUT2D eigenvalue weighted by molar-refractivity contribution is 5.95. The summed E-state index contributed by atoms with van der Waals surface area (Å²) in [5, 5.41) is 0. The fraction of sp³-hybridized carbons (Fsp3) is 0.600. The molecule has 1 unspecified atom stereocenters. The molecular formula is C10H14N2O2. The zero-order valence-corrected chi connectivity index (χ0v) is 8.11. The Labute approximate surface area is 83.2 Å². The van der Waals surface area contributed by atoms with Gasteiger partial charge in [0.25, 0.3) is 0 Å². The van der Waals surface area contributed by atoms with E-state index in [0.29, 0.717) is 6.54 Å². The number of carbonyl (C=O) groups is 2. The predicted molar refractivity (Wildman–Crippen MR) is 51.5 cm³/mol. The summed E-state index contributed by atoms with van der Waals surface area (Å²) in [6.45, 7) is 5.03. The van der Waals surface area contributed by atoms with Crippen molar-refractivity contribution in [3.05, 3.63) is 12.7 Å². The summed E-state index contributed by atoms with van der Waals surface area (Å²) < 4.78 is 0. The van der Waals surface area contributed by atoms with E-state index in [1.165, 1.54) is 0 Å². The van der Waals surface area contributed by atoms with Crippen molar-refractivity contribution < 1.29 is 9.59 Å². The van der Waals surface area contributed by atoms with Gasteiger partial charge in [-0.3, -0.25) is 9.59 Å². The largest absolute Gasteiger partial charge is 0.329 e. The Hall–Kier alpha value is -1.32. The van der Waals surface area contributed by atoms with Crippen molar-refractivity contribution in [2.45, 2.75) is 18.9 Å². The number of carbonyl (C=O) groups excluding carboxylic acids is 2. The molecule has 0 bridgehead atoms. The summed E-state index contributed by atoms with van der Waals surface area (Å²) in [6.07, 6.45) is 3.43. The van der Waals surface area contributed by atoms with Crippen molar-refractivity contribution >= 4 is 11.8 Å². The molecule has 0 aromatic heterocycles. The third-order valence-electron chi connectivity index (χ3n) is 2.85. The molecule has 14 heavy (non-hydrogen) atoms. The second-order valence-electron chi connectivity index (χ2n) is 3.75. The Morgan fingerprint density at radius 1 is 1.50 bits per heavy atom. The number of amides is 2. The van der Waals surface area contributed by atoms with Crippen LogP contribution in [0.15, 0.2) is 12.7 Å². The van der Waals surface area contributed by atoms with Crippen LogP contribution in [0.2, 0.25) is 0 Å². The minimum Gasteiger partial charge on any atom is -0.329 e. The molecule has 2 saturated heterocycles. The highest BCUT2D eigenvalue weighted by Gasteiger charge is 2.41. The molecule has 0 aliphatic carbocycles. The van der Waals surface area contributed by atoms with Crippen LogP contribution >= 0.6 is 0 Å². The smallest absolute Gasteiger partial charge is 0.246 e. The van der Waals surface area contributed by atoms with Gasteiger partial charge in [0.05, 0.1) is 0 Å². The maximum atomic E-state index is 11.8. The van der Waals surface area contributed by atoms with Gasteiger partial charge in [-0.2, -0.15) is 0 Å². The SMILES string of the molecule is C=CCN1CC(=O)N2CCCC2C1=O. The fourth-order valence-electron chi connectivity index (χ4n) is 2.18. The monoisotopic (exact) mass is 194 g/mol. The van der Waals surface area contributed by atoms with Crippen LogP contribution in [0.3, 0.4) is 0 Å². The van der Waals surface area contributed by atoms with E-state index < -0.39 is 0 Å². The lowest BCUT2D eigenvalue weighted by Gasteiger charge is -2.35. The topological polar surface area (TPSA) is 40.6 Å². The Morgan fingerprint density at radius 2 is 2.29 bits per heavy atom. The van der Waals surface area contributed by atoms with E-state index in [4.69, 9.17) is 0 Å². The van der Waals surface area contributed by atoms with E-state index in [1.54, 1.807) is 15.9 Å². The zero-order chi connectivity index (χ0) is 10.1. The molecule has 2 rings (SSSR count). The normalized spacial score (nSPS) is 26.7. The Bertz CT molecular complexity index is 288. The maximum Gasteiger partial charge on any atom is 0.246 e. The van der Waals surface area contributed by atoms with Crippen LogP contribution in [0.5, 0.6) is 0 Å². The van der Waals surface area contributed by atoms with Crippen LogP contribution in [-0.4, -0.2) is 47.3 Å². The summed E-state index contributed by atoms with van der Waals surface area (Å²) >= 11 is 0. The van der Waals surface area contributed by atoms with E-state index in [0.717, 1.165) is 19.4 Å². The number of hydrogen-bond donors (Lipinski definition) is 0. The van der Waals surface area contributed by atoms with Crippen molar-refractivity contribution in [1.29, 1.82) is 0 Å². The number of piperazine rings is 1. The highest BCUT2D eigenvalue weighted by Crippen LogP contribution is 2.23. The number of hydrogen-bond acceptors (Lipinski definition) is 2. The van der Waals surface area contributed by atoms with Crippen LogP contribution in [0.25, 0.3) is 0 Å². The van der Waals surface area contributed by atoms with Crippen LogP contribution in [-0.2, 0) is 9.59 Å². The molecule has 76 valence electrons. The van der Waals surface area contributed by atoms with Gasteiger partial charge in [-0.15, -0.1) is 6.58 Å². The first-order chi connectivity index (χ1) is 6.74. The minimum atomic E-state index is -0.184. The van der Waals surface area contributed by atoms with E-state index in [1.807, 2.05) is 0 Å². The Kier molecular flexibility index (Phi) is 2.27. The van der Waals surface area contributed by atoms with Crippen molar-refractivity contribution in [2.24, 2.45) is 0 Å². The predicted octanol–water partition coefficient (Wildman–Crippen LogP) is 0.00560. The molecule has 4 heteroatoms. The van der Waals surface area contributed by atoms with Crippen LogP contribution in [0.1, 0.15) is 12.8 Å². The molecule has 2 fully saturated rings. The minimum absolute atomic E-state index is 0.0777. The maximum absolute atomic E-state index is 11.8. The third-order valence-corrected chi connectivity index (χ3v) is 2.85. The average molecular weight is 194 g/mol. The molecule has 2 aliphatic rings. The molecule has 2 amide bonds. The van der Waals surface area contributed by atoms with E-state index in [-0.39, 0.29) is 24.4 Å². The van der Waals surface area contributed by atoms with Crippen LogP contribution in [0, 0.1) is 0 Å². The van der Waals surface area contributed by atoms with Gasteiger partial charge < -0.3 is 9.80 Å². The summed E-state index contributed by atoms with van der Waals surface area (Å²) in [5.74, 6) is 0.163. The summed E-state index contributed by atoms with van der Waals surface area (Å²) in [7, 11) is 0. The standard InChI is InChI=1S/C10H14N2O2/c1-2-5-11-7-9(13)12-6-3-4-8(12)10(11)14/h2,8H,1,3-7H2. The van der Waals surface area contributed by atoms with Crippen molar-refractivity contribution in [1.82, 2.24) is 9.80 Å². The number of nitrogens with zero attached hydrogens (tertiary/aromatic N) is 2. The van der Waals surface area contributed by atoms with Crippen LogP contribution < -0.4 is 0 Å². The molecule has 0 radical (unpaired) electrons. The van der Waals surface area contributed by atoms with Gasteiger partial charge in [0.2, 0.25) is 11.8 Å². The quantitative estimate of drug-likeness (QED) is 0.581. The zero-order valence-electron chi connectivity index (χ0n) is 8.11. The summed E-state index contributed by atoms with van der Waals surface area (Å²) in [6, 6.07) is -0.184. The van der Waals surface area contributed by atoms with Gasteiger partial charge in [0.1, 0.15) is 12.6 Å². The first-order valence-electron chi connectivity index (χ1n) is 4.93. The summed E-state index contributed by atoms with van der Waals surface area (Å²) in [5.41, 5.74) is 0. The molecule has 2 aliphatic heterocycles. The second kappa shape index (κ2) is 3.44. The van der Waals surface area contributed by atoms with Gasteiger partial charge >= 0.3 is 0 Å². The van der Waals surface area contributed by atoms with Crippen molar-refractivity contribution in [3.63, 3.8) is 0 Å². The van der Waals surface area contributed by atoms with Gasteiger partial charge in [-0.25, -0.2) is 0 Å². The highest BCUT2D eigenvalue weighted by atomic mass is 16.2. The molecular weight excluding hydrogens is 180 g/mol. The third kappa shape index (κ3) is 1.31. The number of rotatable bonds is 2. The lowest BCUT2D eigenvalue weighted by atomic mass is 10.1. The van der Waals surface area contributed by atoms with Gasteiger partial charge in [-0.1, -0.05) is 6.08 Å². The van der Waals surface area contributed by atoms with E-state index in [9.17, 15) is 9.59 Å². The van der Waals surface area contributed by atoms with E-state index in [2.05, 4.69) is 6.58 Å². The van der Waals surface area contributed by atoms with Crippen molar-refractivity contribution in [3.8, 4) is 0 Å². The number of fused-ring (bicyclic) bond motifs is 1. The van der Waals surface area contributed by atoms with Crippen molar-refractivity contribution in [2.75, 3.05) is 19.6 Å². The van der Waals surface area contributed by atoms with E-state index >= 15 is 0 Å². The first kappa shape index (κ1) is 9.24. The van der Waals surface area contributed by atoms with Crippen LogP contribution in [0.4, 0.5) is 0 Å². The lowest BCUT2D eigenvalue weighted by molar-refractivity contribution is -0.152. The second-order valence-corrected chi connectivity index (χ2v) is 3.75. The molecule has 0 aromatic carbocycles. The Balaban J connectivity index is 2.16. The molecule has 0 spiro atoms. The molecule has 2 heterocycles. The molecule has 1 atom stereocenters. The average Bonchev–Trinajstić information content (AvgIpc) is 2.63. The molecule has 4 nitrogen and oxygen atoms in total. The molecule has 0 saturated carbocycles. The fourth-order valence-corrected chi connectivity index (χ4v) is 2.18. The van der Waals surface area contributed by atoms with Gasteiger partial charge in [-0.05, 0) is 12.8 Å². The first-order valence-corrected chi connectivity index (χ1v) is 4.93. The summed E-state index contributed by atoms with van der Waals surface area (Å²) in [4.78, 5) is 26.7. The Morgan fingerprint density at radius 3 is 3.00 bits per heavy atom. The lowest BCUT2D eigenvalue weighted by Crippen LogP contribution is -2.57. The van der Waals surface area contributed by atoms with Gasteiger partial charge in [0.15, 0.2) is 0 Å².